The first-order valence-corrected chi connectivity index (χ1v) is 17.1. The van der Waals surface area contributed by atoms with Gasteiger partial charge in [0.2, 0.25) is 5.91 Å². The van der Waals surface area contributed by atoms with Crippen molar-refractivity contribution in [3.05, 3.63) is 105 Å². The van der Waals surface area contributed by atoms with Crippen LogP contribution in [-0.2, 0) is 11.2 Å². The van der Waals surface area contributed by atoms with Crippen molar-refractivity contribution in [1.82, 2.24) is 9.97 Å². The van der Waals surface area contributed by atoms with Gasteiger partial charge >= 0.3 is 0 Å². The second-order valence-electron chi connectivity index (χ2n) is 11.4. The Bertz CT molecular complexity index is 1860. The first kappa shape index (κ1) is 30.9. The number of fused-ring (bicyclic) bond motifs is 1. The fourth-order valence-corrected chi connectivity index (χ4v) is 7.44. The van der Waals surface area contributed by atoms with Crippen LogP contribution in [0.1, 0.15) is 62.3 Å². The maximum atomic E-state index is 14.8. The monoisotopic (exact) mass is 810 g/mol. The molecule has 0 radical (unpaired) electrons. The predicted molar refractivity (Wildman–Crippen MR) is 195 cm³/mol. The molecule has 2 heterocycles. The fourth-order valence-electron chi connectivity index (χ4n) is 6.25. The standard InChI is InChI=1S/C36H33FI2N4O/c1-2-23-21-40-33(24-16-25(38)18-26(17-24)41-35(44)15-22-9-4-3-5-10-22)19-29(23)36(43-39)34-20-30-27(12-8-14-32(30)42-34)28-11-6-7-13-31(28)37/h6-8,11-14,16-22,42H,2-5,9-10,15H2,1H3,(H,41,44). The normalized spacial score (nSPS) is 14.2. The average Bonchev–Trinajstić information content (AvgIpc) is 3.46. The van der Waals surface area contributed by atoms with E-state index in [1.807, 2.05) is 48.7 Å². The molecule has 3 aromatic carbocycles. The molecule has 44 heavy (non-hydrogen) atoms. The molecule has 2 aromatic heterocycles. The Balaban J connectivity index is 1.34. The molecular weight excluding hydrogens is 777 g/mol. The molecule has 5 nitrogen and oxygen atoms in total. The summed E-state index contributed by atoms with van der Waals surface area (Å²) in [5.41, 5.74) is 8.54. The minimum Gasteiger partial charge on any atom is -0.353 e. The number of pyridine rings is 1. The van der Waals surface area contributed by atoms with Crippen LogP contribution in [0.15, 0.2) is 82.2 Å². The number of nitrogens with one attached hydrogen (secondary N) is 2. The average molecular weight is 810 g/mol. The van der Waals surface area contributed by atoms with Gasteiger partial charge in [-0.1, -0.05) is 56.5 Å². The number of H-pyrrole nitrogens is 1. The molecular formula is C36H33FI2N4O. The number of carbonyl (C=O) groups is 1. The largest absolute Gasteiger partial charge is 0.353 e. The smallest absolute Gasteiger partial charge is 0.224 e. The first-order chi connectivity index (χ1) is 21.4. The predicted octanol–water partition coefficient (Wildman–Crippen LogP) is 10.3. The van der Waals surface area contributed by atoms with Crippen molar-refractivity contribution in [2.24, 2.45) is 9.12 Å². The number of hydrogen-bond donors (Lipinski definition) is 2. The number of hydrogen-bond acceptors (Lipinski definition) is 3. The molecule has 0 unspecified atom stereocenters. The second-order valence-corrected chi connectivity index (χ2v) is 13.2. The summed E-state index contributed by atoms with van der Waals surface area (Å²) < 4.78 is 20.5. The lowest BCUT2D eigenvalue weighted by Crippen LogP contribution is -2.18. The van der Waals surface area contributed by atoms with Gasteiger partial charge in [-0.05, 0) is 101 Å². The summed E-state index contributed by atoms with van der Waals surface area (Å²) >= 11 is 4.35. The fraction of sp³-hybridized carbons (Fsp3) is 0.250. The molecule has 0 atom stereocenters. The highest BCUT2D eigenvalue weighted by Gasteiger charge is 2.20. The van der Waals surface area contributed by atoms with Crippen LogP contribution in [0.5, 0.6) is 0 Å². The van der Waals surface area contributed by atoms with E-state index in [9.17, 15) is 9.18 Å². The highest BCUT2D eigenvalue weighted by molar-refractivity contribution is 14.1. The van der Waals surface area contributed by atoms with Crippen molar-refractivity contribution in [2.45, 2.75) is 51.9 Å². The van der Waals surface area contributed by atoms with Crippen molar-refractivity contribution in [1.29, 1.82) is 0 Å². The molecule has 1 amide bonds. The number of amides is 1. The highest BCUT2D eigenvalue weighted by atomic mass is 127. The number of carbonyl (C=O) groups excluding carboxylic acids is 1. The van der Waals surface area contributed by atoms with E-state index in [1.54, 1.807) is 6.07 Å². The van der Waals surface area contributed by atoms with Gasteiger partial charge in [-0.2, -0.15) is 0 Å². The van der Waals surface area contributed by atoms with Crippen molar-refractivity contribution in [3.63, 3.8) is 0 Å². The van der Waals surface area contributed by atoms with Gasteiger partial charge in [-0.15, -0.1) is 0 Å². The molecule has 1 aliphatic carbocycles. The second kappa shape index (κ2) is 13.9. The summed E-state index contributed by atoms with van der Waals surface area (Å²) in [5.74, 6) is 0.308. The van der Waals surface area contributed by atoms with E-state index < -0.39 is 0 Å². The Kier molecular flexibility index (Phi) is 9.75. The molecule has 0 saturated heterocycles. The molecule has 6 rings (SSSR count). The van der Waals surface area contributed by atoms with Gasteiger partial charge in [0.1, 0.15) is 11.5 Å². The van der Waals surface area contributed by atoms with Gasteiger partial charge in [0.05, 0.1) is 34.3 Å². The van der Waals surface area contributed by atoms with Crippen molar-refractivity contribution < 1.29 is 9.18 Å². The molecule has 2 N–H and O–H groups in total. The Morgan fingerprint density at radius 2 is 1.82 bits per heavy atom. The molecule has 8 heteroatoms. The number of aromatic amines is 1. The zero-order valence-corrected chi connectivity index (χ0v) is 28.8. The summed E-state index contributed by atoms with van der Waals surface area (Å²) in [7, 11) is 0. The van der Waals surface area contributed by atoms with Gasteiger partial charge in [0.25, 0.3) is 0 Å². The van der Waals surface area contributed by atoms with Crippen LogP contribution in [-0.4, -0.2) is 21.6 Å². The van der Waals surface area contributed by atoms with E-state index in [-0.39, 0.29) is 11.7 Å². The third kappa shape index (κ3) is 6.75. The Morgan fingerprint density at radius 1 is 1.02 bits per heavy atom. The van der Waals surface area contributed by atoms with Gasteiger partial charge in [0, 0.05) is 49.5 Å². The number of aryl methyl sites for hydroxylation is 1. The number of aromatic nitrogens is 2. The van der Waals surface area contributed by atoms with E-state index in [0.717, 1.165) is 78.8 Å². The Hall–Kier alpha value is -3.12. The zero-order chi connectivity index (χ0) is 30.6. The van der Waals surface area contributed by atoms with Crippen LogP contribution in [0.25, 0.3) is 33.3 Å². The van der Waals surface area contributed by atoms with Crippen LogP contribution in [0, 0.1) is 15.3 Å². The topological polar surface area (TPSA) is 70.1 Å². The quantitative estimate of drug-likeness (QED) is 0.121. The molecule has 0 aliphatic heterocycles. The van der Waals surface area contributed by atoms with Crippen LogP contribution in [0.3, 0.4) is 0 Å². The Labute approximate surface area is 284 Å². The minimum atomic E-state index is -0.250. The highest BCUT2D eigenvalue weighted by Crippen LogP contribution is 2.33. The van der Waals surface area contributed by atoms with Crippen molar-refractivity contribution >= 4 is 73.7 Å². The number of anilines is 1. The Morgan fingerprint density at radius 3 is 2.59 bits per heavy atom. The zero-order valence-electron chi connectivity index (χ0n) is 24.5. The van der Waals surface area contributed by atoms with Gasteiger partial charge in [0.15, 0.2) is 0 Å². The third-order valence-electron chi connectivity index (χ3n) is 8.47. The number of halogens is 3. The van der Waals surface area contributed by atoms with Gasteiger partial charge < -0.3 is 10.3 Å². The molecule has 5 aromatic rings. The van der Waals surface area contributed by atoms with E-state index >= 15 is 0 Å². The van der Waals surface area contributed by atoms with Crippen LogP contribution < -0.4 is 5.32 Å². The van der Waals surface area contributed by atoms with Crippen LogP contribution in [0.4, 0.5) is 10.1 Å². The molecule has 1 fully saturated rings. The molecule has 1 aliphatic rings. The lowest BCUT2D eigenvalue weighted by Gasteiger charge is -2.21. The lowest BCUT2D eigenvalue weighted by molar-refractivity contribution is -0.117. The summed E-state index contributed by atoms with van der Waals surface area (Å²) in [6, 6.07) is 23.0. The molecule has 0 spiro atoms. The van der Waals surface area contributed by atoms with Crippen LogP contribution >= 0.6 is 45.5 Å². The van der Waals surface area contributed by atoms with Crippen molar-refractivity contribution in [3.8, 4) is 22.4 Å². The lowest BCUT2D eigenvalue weighted by atomic mass is 9.87. The van der Waals surface area contributed by atoms with E-state index in [4.69, 9.17) is 8.19 Å². The van der Waals surface area contributed by atoms with E-state index in [1.165, 1.54) is 25.3 Å². The summed E-state index contributed by atoms with van der Waals surface area (Å²) in [5, 5.41) is 4.08. The van der Waals surface area contributed by atoms with E-state index in [0.29, 0.717) is 17.9 Å². The van der Waals surface area contributed by atoms with E-state index in [2.05, 4.69) is 80.9 Å². The third-order valence-corrected chi connectivity index (χ3v) is 9.57. The van der Waals surface area contributed by atoms with Gasteiger partial charge in [-0.3, -0.25) is 9.78 Å². The maximum absolute atomic E-state index is 14.8. The molecule has 0 bridgehead atoms. The summed E-state index contributed by atoms with van der Waals surface area (Å²) in [4.78, 5) is 21.3. The number of benzene rings is 3. The SMILES string of the molecule is CCc1cnc(-c2cc(I)cc(NC(=O)CC3CCCCC3)c2)cc1C(=NI)c1cc2c(-c3ccccc3F)cccc2[nH]1. The number of nitrogens with zero attached hydrogens (tertiary/aromatic N) is 2. The summed E-state index contributed by atoms with van der Waals surface area (Å²) in [6.07, 6.45) is 9.29. The molecule has 224 valence electrons. The van der Waals surface area contributed by atoms with Gasteiger partial charge in [-0.25, -0.2) is 7.60 Å². The number of rotatable bonds is 8. The summed E-state index contributed by atoms with van der Waals surface area (Å²) in [6.45, 7) is 2.11. The first-order valence-electron chi connectivity index (χ1n) is 15.1. The van der Waals surface area contributed by atoms with Crippen molar-refractivity contribution in [2.75, 3.05) is 5.32 Å². The minimum absolute atomic E-state index is 0.0766. The molecule has 1 saturated carbocycles. The van der Waals surface area contributed by atoms with Crippen LogP contribution in [0.2, 0.25) is 0 Å². The maximum Gasteiger partial charge on any atom is 0.224 e.